The second kappa shape index (κ2) is 5.69. The zero-order chi connectivity index (χ0) is 11.2. The molecule has 0 spiro atoms. The standard InChI is InChI=1S/C14H19NO/c1-2-3-9-13-11-16-14(15-13)10-12-7-5-4-6-8-12/h4-8,13H,2-3,9-11H2,1H3. The van der Waals surface area contributed by atoms with E-state index in [0.717, 1.165) is 25.3 Å². The minimum Gasteiger partial charge on any atom is -0.478 e. The van der Waals surface area contributed by atoms with Crippen LogP contribution in [0, 0.1) is 0 Å². The van der Waals surface area contributed by atoms with Gasteiger partial charge in [-0.05, 0) is 12.0 Å². The molecule has 1 unspecified atom stereocenters. The third-order valence-electron chi connectivity index (χ3n) is 2.86. The predicted molar refractivity (Wildman–Crippen MR) is 66.8 cm³/mol. The Labute approximate surface area is 97.4 Å². The molecule has 16 heavy (non-hydrogen) atoms. The Hall–Kier alpha value is -1.31. The van der Waals surface area contributed by atoms with E-state index in [1.54, 1.807) is 0 Å². The van der Waals surface area contributed by atoms with Crippen molar-refractivity contribution in [3.63, 3.8) is 0 Å². The first-order chi connectivity index (χ1) is 7.88. The normalized spacial score (nSPS) is 19.3. The number of benzene rings is 1. The highest BCUT2D eigenvalue weighted by Crippen LogP contribution is 2.14. The largest absolute Gasteiger partial charge is 0.478 e. The summed E-state index contributed by atoms with van der Waals surface area (Å²) in [5.74, 6) is 0.910. The maximum Gasteiger partial charge on any atom is 0.188 e. The van der Waals surface area contributed by atoms with Gasteiger partial charge in [-0.25, -0.2) is 4.99 Å². The molecule has 0 saturated carbocycles. The van der Waals surface area contributed by atoms with Crippen LogP contribution in [0.3, 0.4) is 0 Å². The van der Waals surface area contributed by atoms with Gasteiger partial charge in [0.25, 0.3) is 0 Å². The molecule has 1 aliphatic heterocycles. The number of aliphatic imine (C=N–C) groups is 1. The van der Waals surface area contributed by atoms with E-state index in [-0.39, 0.29) is 0 Å². The van der Waals surface area contributed by atoms with E-state index in [4.69, 9.17) is 4.74 Å². The van der Waals surface area contributed by atoms with Crippen molar-refractivity contribution in [3.8, 4) is 0 Å². The fraction of sp³-hybridized carbons (Fsp3) is 0.500. The number of nitrogens with zero attached hydrogens (tertiary/aromatic N) is 1. The number of ether oxygens (including phenoxy) is 1. The van der Waals surface area contributed by atoms with Gasteiger partial charge in [0.05, 0.1) is 6.04 Å². The number of rotatable bonds is 5. The van der Waals surface area contributed by atoms with Gasteiger partial charge >= 0.3 is 0 Å². The maximum absolute atomic E-state index is 5.62. The van der Waals surface area contributed by atoms with Crippen LogP contribution in [0.1, 0.15) is 31.7 Å². The lowest BCUT2D eigenvalue weighted by atomic mass is 10.1. The summed E-state index contributed by atoms with van der Waals surface area (Å²) in [5.41, 5.74) is 1.28. The molecule has 1 aliphatic rings. The minimum absolute atomic E-state index is 0.402. The molecule has 1 atom stereocenters. The van der Waals surface area contributed by atoms with Crippen LogP contribution in [-0.4, -0.2) is 18.5 Å². The van der Waals surface area contributed by atoms with Gasteiger partial charge in [-0.15, -0.1) is 0 Å². The van der Waals surface area contributed by atoms with Crippen LogP contribution in [0.5, 0.6) is 0 Å². The Balaban J connectivity index is 1.87. The summed E-state index contributed by atoms with van der Waals surface area (Å²) in [5, 5.41) is 0. The Morgan fingerprint density at radius 2 is 2.12 bits per heavy atom. The molecule has 1 heterocycles. The van der Waals surface area contributed by atoms with Crippen molar-refractivity contribution in [3.05, 3.63) is 35.9 Å². The van der Waals surface area contributed by atoms with Gasteiger partial charge in [-0.3, -0.25) is 0 Å². The average molecular weight is 217 g/mol. The van der Waals surface area contributed by atoms with Crippen molar-refractivity contribution in [2.24, 2.45) is 4.99 Å². The van der Waals surface area contributed by atoms with E-state index in [2.05, 4.69) is 36.2 Å². The number of hydrogen-bond donors (Lipinski definition) is 0. The van der Waals surface area contributed by atoms with Crippen LogP contribution >= 0.6 is 0 Å². The third-order valence-corrected chi connectivity index (χ3v) is 2.86. The van der Waals surface area contributed by atoms with E-state index >= 15 is 0 Å². The van der Waals surface area contributed by atoms with Crippen molar-refractivity contribution >= 4 is 5.90 Å². The molecule has 0 N–H and O–H groups in total. The minimum atomic E-state index is 0.402. The highest BCUT2D eigenvalue weighted by atomic mass is 16.5. The molecule has 2 rings (SSSR count). The zero-order valence-corrected chi connectivity index (χ0v) is 9.86. The molecule has 2 heteroatoms. The van der Waals surface area contributed by atoms with Crippen molar-refractivity contribution in [1.29, 1.82) is 0 Å². The lowest BCUT2D eigenvalue weighted by Gasteiger charge is -2.01. The molecular weight excluding hydrogens is 198 g/mol. The fourth-order valence-electron chi connectivity index (χ4n) is 1.93. The smallest absolute Gasteiger partial charge is 0.188 e. The van der Waals surface area contributed by atoms with E-state index in [9.17, 15) is 0 Å². The lowest BCUT2D eigenvalue weighted by molar-refractivity contribution is 0.304. The molecule has 0 fully saturated rings. The van der Waals surface area contributed by atoms with Crippen LogP contribution in [0.2, 0.25) is 0 Å². The molecule has 0 aromatic heterocycles. The molecule has 0 aliphatic carbocycles. The first-order valence-corrected chi connectivity index (χ1v) is 6.12. The van der Waals surface area contributed by atoms with Crippen LogP contribution in [0.25, 0.3) is 0 Å². The van der Waals surface area contributed by atoms with Crippen molar-refractivity contribution in [2.75, 3.05) is 6.61 Å². The van der Waals surface area contributed by atoms with Crippen LogP contribution in [-0.2, 0) is 11.2 Å². The van der Waals surface area contributed by atoms with E-state index in [1.165, 1.54) is 18.4 Å². The summed E-state index contributed by atoms with van der Waals surface area (Å²) < 4.78 is 5.62. The van der Waals surface area contributed by atoms with Crippen molar-refractivity contribution < 1.29 is 4.74 Å². The maximum atomic E-state index is 5.62. The highest BCUT2D eigenvalue weighted by molar-refractivity contribution is 5.80. The molecule has 2 nitrogen and oxygen atoms in total. The number of unbranched alkanes of at least 4 members (excludes halogenated alkanes) is 1. The molecule has 0 radical (unpaired) electrons. The quantitative estimate of drug-likeness (QED) is 0.742. The van der Waals surface area contributed by atoms with Gasteiger partial charge in [-0.2, -0.15) is 0 Å². The zero-order valence-electron chi connectivity index (χ0n) is 9.86. The van der Waals surface area contributed by atoms with Gasteiger partial charge in [-0.1, -0.05) is 50.1 Å². The monoisotopic (exact) mass is 217 g/mol. The Bertz CT molecular complexity index is 345. The summed E-state index contributed by atoms with van der Waals surface area (Å²) in [6.07, 6.45) is 4.48. The third kappa shape index (κ3) is 3.09. The SMILES string of the molecule is CCCCC1COC(Cc2ccccc2)=N1. The fourth-order valence-corrected chi connectivity index (χ4v) is 1.93. The Morgan fingerprint density at radius 1 is 1.31 bits per heavy atom. The van der Waals surface area contributed by atoms with Gasteiger partial charge in [0.2, 0.25) is 0 Å². The molecule has 1 aromatic rings. The van der Waals surface area contributed by atoms with Gasteiger partial charge < -0.3 is 4.74 Å². The summed E-state index contributed by atoms with van der Waals surface area (Å²) >= 11 is 0. The second-order valence-electron chi connectivity index (χ2n) is 4.29. The van der Waals surface area contributed by atoms with Crippen LogP contribution in [0.4, 0.5) is 0 Å². The summed E-state index contributed by atoms with van der Waals surface area (Å²) in [4.78, 5) is 4.62. The van der Waals surface area contributed by atoms with Crippen LogP contribution in [0.15, 0.2) is 35.3 Å². The van der Waals surface area contributed by atoms with E-state index in [0.29, 0.717) is 6.04 Å². The van der Waals surface area contributed by atoms with E-state index in [1.807, 2.05) is 6.07 Å². The Morgan fingerprint density at radius 3 is 2.88 bits per heavy atom. The van der Waals surface area contributed by atoms with Crippen molar-refractivity contribution in [1.82, 2.24) is 0 Å². The second-order valence-corrected chi connectivity index (χ2v) is 4.29. The highest BCUT2D eigenvalue weighted by Gasteiger charge is 2.17. The lowest BCUT2D eigenvalue weighted by Crippen LogP contribution is -2.05. The molecule has 0 saturated heterocycles. The summed E-state index contributed by atoms with van der Waals surface area (Å²) in [6, 6.07) is 10.8. The predicted octanol–water partition coefficient (Wildman–Crippen LogP) is 3.22. The summed E-state index contributed by atoms with van der Waals surface area (Å²) in [6.45, 7) is 2.99. The van der Waals surface area contributed by atoms with Crippen molar-refractivity contribution in [2.45, 2.75) is 38.6 Å². The topological polar surface area (TPSA) is 21.6 Å². The molecule has 1 aromatic carbocycles. The van der Waals surface area contributed by atoms with Gasteiger partial charge in [0.15, 0.2) is 5.90 Å². The van der Waals surface area contributed by atoms with Gasteiger partial charge in [0.1, 0.15) is 6.61 Å². The molecule has 0 amide bonds. The number of hydrogen-bond acceptors (Lipinski definition) is 2. The Kier molecular flexibility index (Phi) is 3.97. The summed E-state index contributed by atoms with van der Waals surface area (Å²) in [7, 11) is 0. The van der Waals surface area contributed by atoms with Gasteiger partial charge in [0, 0.05) is 6.42 Å². The first kappa shape index (κ1) is 11.2. The molecular formula is C14H19NO. The molecule has 0 bridgehead atoms. The molecule has 86 valence electrons. The first-order valence-electron chi connectivity index (χ1n) is 6.12. The van der Waals surface area contributed by atoms with E-state index < -0.39 is 0 Å². The average Bonchev–Trinajstić information content (AvgIpc) is 2.75. The van der Waals surface area contributed by atoms with Crippen LogP contribution < -0.4 is 0 Å².